The van der Waals surface area contributed by atoms with Gasteiger partial charge in [0.2, 0.25) is 5.13 Å². The van der Waals surface area contributed by atoms with E-state index < -0.39 is 0 Å². The van der Waals surface area contributed by atoms with E-state index in [0.29, 0.717) is 5.13 Å². The highest BCUT2D eigenvalue weighted by atomic mass is 35.5. The minimum Gasteiger partial charge on any atom is -0.374 e. The zero-order valence-electron chi connectivity index (χ0n) is 5.54. The van der Waals surface area contributed by atoms with Gasteiger partial charge in [-0.1, -0.05) is 11.3 Å². The maximum absolute atomic E-state index is 5.72. The molecule has 1 heterocycles. The van der Waals surface area contributed by atoms with E-state index in [1.165, 1.54) is 11.3 Å². The van der Waals surface area contributed by atoms with Crippen molar-refractivity contribution in [2.45, 2.75) is 18.7 Å². The molecule has 0 saturated carbocycles. The number of anilines is 1. The van der Waals surface area contributed by atoms with Gasteiger partial charge in [-0.15, -0.1) is 21.8 Å². The number of aromatic nitrogens is 2. The minimum absolute atomic E-state index is 0.104. The molecule has 0 bridgehead atoms. The SMILES string of the molecule is CC(Cl)Cc1nnc(N)s1. The Balaban J connectivity index is 2.58. The van der Waals surface area contributed by atoms with Crippen LogP contribution in [0.3, 0.4) is 0 Å². The molecule has 0 radical (unpaired) electrons. The van der Waals surface area contributed by atoms with Gasteiger partial charge in [0.15, 0.2) is 0 Å². The number of nitrogens with zero attached hydrogens (tertiary/aromatic N) is 2. The van der Waals surface area contributed by atoms with Crippen molar-refractivity contribution in [3.8, 4) is 0 Å². The molecule has 2 N–H and O–H groups in total. The Morgan fingerprint density at radius 2 is 2.40 bits per heavy atom. The zero-order valence-corrected chi connectivity index (χ0v) is 7.11. The maximum Gasteiger partial charge on any atom is 0.203 e. The van der Waals surface area contributed by atoms with Crippen LogP contribution in [0.25, 0.3) is 0 Å². The Kier molecular flexibility index (Phi) is 2.45. The average Bonchev–Trinajstić information content (AvgIpc) is 2.13. The summed E-state index contributed by atoms with van der Waals surface area (Å²) in [6.07, 6.45) is 0.746. The van der Waals surface area contributed by atoms with E-state index >= 15 is 0 Å². The van der Waals surface area contributed by atoms with Gasteiger partial charge in [0, 0.05) is 11.8 Å². The Labute approximate surface area is 68.2 Å². The molecule has 0 saturated heterocycles. The molecule has 0 aliphatic heterocycles. The molecular weight excluding hydrogens is 170 g/mol. The lowest BCUT2D eigenvalue weighted by Crippen LogP contribution is -1.95. The molecule has 1 unspecified atom stereocenters. The molecule has 0 aromatic carbocycles. The van der Waals surface area contributed by atoms with Crippen LogP contribution in [0.5, 0.6) is 0 Å². The van der Waals surface area contributed by atoms with Crippen LogP contribution in [0.1, 0.15) is 11.9 Å². The Bertz CT molecular complexity index is 210. The molecule has 0 aliphatic rings. The van der Waals surface area contributed by atoms with Crippen LogP contribution in [0.4, 0.5) is 5.13 Å². The lowest BCUT2D eigenvalue weighted by Gasteiger charge is -1.94. The summed E-state index contributed by atoms with van der Waals surface area (Å²) in [6, 6.07) is 0. The first-order valence-electron chi connectivity index (χ1n) is 2.90. The monoisotopic (exact) mass is 177 g/mol. The molecule has 1 aromatic heterocycles. The fourth-order valence-electron chi connectivity index (χ4n) is 0.590. The number of rotatable bonds is 2. The van der Waals surface area contributed by atoms with Gasteiger partial charge in [0.25, 0.3) is 0 Å². The molecule has 0 spiro atoms. The van der Waals surface area contributed by atoms with Gasteiger partial charge in [-0.05, 0) is 6.92 Å². The summed E-state index contributed by atoms with van der Waals surface area (Å²) in [5.74, 6) is 0. The molecule has 5 heteroatoms. The van der Waals surface area contributed by atoms with Crippen LogP contribution < -0.4 is 5.73 Å². The molecule has 0 fully saturated rings. The summed E-state index contributed by atoms with van der Waals surface area (Å²) in [5, 5.41) is 8.99. The second-order valence-electron chi connectivity index (χ2n) is 2.02. The summed E-state index contributed by atoms with van der Waals surface area (Å²) >= 11 is 7.11. The third-order valence-electron chi connectivity index (χ3n) is 0.938. The number of alkyl halides is 1. The fourth-order valence-corrected chi connectivity index (χ4v) is 1.57. The smallest absolute Gasteiger partial charge is 0.203 e. The third kappa shape index (κ3) is 2.11. The van der Waals surface area contributed by atoms with Crippen molar-refractivity contribution < 1.29 is 0 Å². The molecule has 56 valence electrons. The second kappa shape index (κ2) is 3.16. The third-order valence-corrected chi connectivity index (χ3v) is 1.87. The number of halogens is 1. The fraction of sp³-hybridized carbons (Fsp3) is 0.600. The lowest BCUT2D eigenvalue weighted by atomic mass is 10.3. The van der Waals surface area contributed by atoms with Crippen LogP contribution >= 0.6 is 22.9 Å². The Hall–Kier alpha value is -0.350. The van der Waals surface area contributed by atoms with Crippen molar-refractivity contribution in [3.63, 3.8) is 0 Å². The number of hydrogen-bond donors (Lipinski definition) is 1. The standard InChI is InChI=1S/C5H8ClN3S/c1-3(6)2-4-8-9-5(7)10-4/h3H,2H2,1H3,(H2,7,9). The predicted molar refractivity (Wildman–Crippen MR) is 43.3 cm³/mol. The molecule has 1 rings (SSSR count). The Morgan fingerprint density at radius 3 is 2.80 bits per heavy atom. The Morgan fingerprint density at radius 1 is 1.70 bits per heavy atom. The molecule has 1 aromatic rings. The minimum atomic E-state index is 0.104. The van der Waals surface area contributed by atoms with Crippen LogP contribution in [0, 0.1) is 0 Å². The van der Waals surface area contributed by atoms with E-state index in [2.05, 4.69) is 10.2 Å². The highest BCUT2D eigenvalue weighted by Gasteiger charge is 2.03. The zero-order chi connectivity index (χ0) is 7.56. The predicted octanol–water partition coefficient (Wildman–Crippen LogP) is 1.29. The molecule has 3 nitrogen and oxygen atoms in total. The first kappa shape index (κ1) is 7.75. The number of nitrogen functional groups attached to an aromatic ring is 1. The highest BCUT2D eigenvalue weighted by molar-refractivity contribution is 7.15. The maximum atomic E-state index is 5.72. The normalized spacial score (nSPS) is 13.4. The van der Waals surface area contributed by atoms with Crippen LogP contribution in [-0.2, 0) is 6.42 Å². The van der Waals surface area contributed by atoms with Gasteiger partial charge >= 0.3 is 0 Å². The molecule has 0 amide bonds. The topological polar surface area (TPSA) is 51.8 Å². The van der Waals surface area contributed by atoms with Crippen molar-refractivity contribution in [1.82, 2.24) is 10.2 Å². The van der Waals surface area contributed by atoms with Crippen LogP contribution in [0.15, 0.2) is 0 Å². The van der Waals surface area contributed by atoms with Gasteiger partial charge < -0.3 is 5.73 Å². The van der Waals surface area contributed by atoms with Crippen molar-refractivity contribution >= 4 is 28.1 Å². The van der Waals surface area contributed by atoms with Crippen LogP contribution in [-0.4, -0.2) is 15.6 Å². The first-order chi connectivity index (χ1) is 4.68. The second-order valence-corrected chi connectivity index (χ2v) is 3.86. The molecular formula is C5H8ClN3S. The summed E-state index contributed by atoms with van der Waals surface area (Å²) in [7, 11) is 0. The van der Waals surface area contributed by atoms with Crippen molar-refractivity contribution in [3.05, 3.63) is 5.01 Å². The molecule has 10 heavy (non-hydrogen) atoms. The van der Waals surface area contributed by atoms with Gasteiger partial charge in [-0.3, -0.25) is 0 Å². The van der Waals surface area contributed by atoms with E-state index in [9.17, 15) is 0 Å². The largest absolute Gasteiger partial charge is 0.374 e. The van der Waals surface area contributed by atoms with Crippen LogP contribution in [0.2, 0.25) is 0 Å². The average molecular weight is 178 g/mol. The number of nitrogens with two attached hydrogens (primary N) is 1. The quantitative estimate of drug-likeness (QED) is 0.693. The molecule has 1 atom stereocenters. The summed E-state index contributed by atoms with van der Waals surface area (Å²) in [4.78, 5) is 0. The lowest BCUT2D eigenvalue weighted by molar-refractivity contribution is 0.887. The van der Waals surface area contributed by atoms with Crippen molar-refractivity contribution in [2.24, 2.45) is 0 Å². The molecule has 0 aliphatic carbocycles. The van der Waals surface area contributed by atoms with E-state index in [4.69, 9.17) is 17.3 Å². The van der Waals surface area contributed by atoms with E-state index in [1.807, 2.05) is 6.92 Å². The number of hydrogen-bond acceptors (Lipinski definition) is 4. The first-order valence-corrected chi connectivity index (χ1v) is 4.15. The van der Waals surface area contributed by atoms with Gasteiger partial charge in [-0.2, -0.15) is 0 Å². The van der Waals surface area contributed by atoms with Gasteiger partial charge in [0.05, 0.1) is 0 Å². The van der Waals surface area contributed by atoms with Gasteiger partial charge in [0.1, 0.15) is 5.01 Å². The highest BCUT2D eigenvalue weighted by Crippen LogP contribution is 2.14. The summed E-state index contributed by atoms with van der Waals surface area (Å²) in [6.45, 7) is 1.92. The van der Waals surface area contributed by atoms with Crippen molar-refractivity contribution in [2.75, 3.05) is 5.73 Å². The van der Waals surface area contributed by atoms with E-state index in [0.717, 1.165) is 11.4 Å². The summed E-state index contributed by atoms with van der Waals surface area (Å²) < 4.78 is 0. The van der Waals surface area contributed by atoms with E-state index in [-0.39, 0.29) is 5.38 Å². The van der Waals surface area contributed by atoms with Crippen molar-refractivity contribution in [1.29, 1.82) is 0 Å². The van der Waals surface area contributed by atoms with Gasteiger partial charge in [-0.25, -0.2) is 0 Å². The van der Waals surface area contributed by atoms with E-state index in [1.54, 1.807) is 0 Å². The summed E-state index contributed by atoms with van der Waals surface area (Å²) in [5.41, 5.74) is 5.36.